The van der Waals surface area contributed by atoms with Crippen molar-refractivity contribution in [3.05, 3.63) is 101 Å². The number of sulfonamides is 1. The van der Waals surface area contributed by atoms with Crippen molar-refractivity contribution in [3.8, 4) is 16.9 Å². The van der Waals surface area contributed by atoms with E-state index in [1.807, 2.05) is 74.2 Å². The van der Waals surface area contributed by atoms with Gasteiger partial charge in [-0.3, -0.25) is 9.78 Å². The second kappa shape index (κ2) is 11.7. The van der Waals surface area contributed by atoms with E-state index in [0.717, 1.165) is 39.9 Å². The van der Waals surface area contributed by atoms with Crippen LogP contribution in [0.5, 0.6) is 5.75 Å². The number of aryl methyl sites for hydroxylation is 2. The molecule has 0 spiro atoms. The van der Waals surface area contributed by atoms with E-state index >= 15 is 0 Å². The van der Waals surface area contributed by atoms with Crippen LogP contribution in [-0.2, 0) is 28.0 Å². The Morgan fingerprint density at radius 1 is 0.978 bits per heavy atom. The number of nitrogens with zero attached hydrogens (tertiary/aromatic N) is 3. The highest BCUT2D eigenvalue weighted by molar-refractivity contribution is 7.92. The van der Waals surface area contributed by atoms with Crippen LogP contribution in [0.1, 0.15) is 48.3 Å². The molecule has 6 rings (SSSR count). The summed E-state index contributed by atoms with van der Waals surface area (Å²) in [6.45, 7) is 10.6. The summed E-state index contributed by atoms with van der Waals surface area (Å²) in [5, 5.41) is 4.81. The van der Waals surface area contributed by atoms with E-state index in [2.05, 4.69) is 14.9 Å². The molecule has 1 amide bonds. The van der Waals surface area contributed by atoms with Crippen molar-refractivity contribution < 1.29 is 22.5 Å². The summed E-state index contributed by atoms with van der Waals surface area (Å²) in [6.07, 6.45) is 0.753. The van der Waals surface area contributed by atoms with Gasteiger partial charge in [0.1, 0.15) is 12.4 Å². The molecular weight excluding hydrogens is 588 g/mol. The van der Waals surface area contributed by atoms with E-state index in [1.54, 1.807) is 38.1 Å². The topological polar surface area (TPSA) is 115 Å². The van der Waals surface area contributed by atoms with Crippen LogP contribution in [0.2, 0.25) is 0 Å². The van der Waals surface area contributed by atoms with Crippen molar-refractivity contribution in [2.45, 2.75) is 59.1 Å². The molecule has 3 heterocycles. The average Bonchev–Trinajstić information content (AvgIpc) is 3.46. The highest BCUT2D eigenvalue weighted by Crippen LogP contribution is 2.36. The zero-order valence-corrected chi connectivity index (χ0v) is 26.9. The monoisotopic (exact) mass is 624 g/mol. The van der Waals surface area contributed by atoms with Crippen molar-refractivity contribution in [1.82, 2.24) is 15.0 Å². The molecule has 1 N–H and O–H groups in total. The van der Waals surface area contributed by atoms with Crippen LogP contribution in [0.25, 0.3) is 22.0 Å². The van der Waals surface area contributed by atoms with Gasteiger partial charge in [0.2, 0.25) is 11.8 Å². The lowest BCUT2D eigenvalue weighted by molar-refractivity contribution is -0.135. The zero-order chi connectivity index (χ0) is 31.9. The Morgan fingerprint density at radius 2 is 1.73 bits per heavy atom. The molecule has 1 fully saturated rings. The van der Waals surface area contributed by atoms with Crippen LogP contribution in [-0.4, -0.2) is 35.9 Å². The van der Waals surface area contributed by atoms with Gasteiger partial charge in [-0.2, -0.15) is 0 Å². The maximum absolute atomic E-state index is 13.7. The molecule has 45 heavy (non-hydrogen) atoms. The Hall–Kier alpha value is -4.70. The molecule has 3 aromatic carbocycles. The third-order valence-corrected chi connectivity index (χ3v) is 9.84. The van der Waals surface area contributed by atoms with E-state index in [-0.39, 0.29) is 23.3 Å². The van der Waals surface area contributed by atoms with Crippen LogP contribution in [0.3, 0.4) is 0 Å². The number of hydrogen-bond acceptors (Lipinski definition) is 7. The molecule has 5 aromatic rings. The van der Waals surface area contributed by atoms with Crippen molar-refractivity contribution in [2.75, 3.05) is 11.3 Å². The Labute approximate surface area is 263 Å². The number of nitrogens with one attached hydrogen (secondary N) is 1. The zero-order valence-electron chi connectivity index (χ0n) is 26.0. The highest BCUT2D eigenvalue weighted by atomic mass is 32.2. The number of ether oxygens (including phenoxy) is 1. The van der Waals surface area contributed by atoms with Crippen LogP contribution in [0.4, 0.5) is 5.88 Å². The van der Waals surface area contributed by atoms with E-state index < -0.39 is 15.4 Å². The number of anilines is 1. The van der Waals surface area contributed by atoms with Gasteiger partial charge in [0.05, 0.1) is 16.1 Å². The maximum Gasteiger partial charge on any atom is 0.264 e. The predicted molar refractivity (Wildman–Crippen MR) is 173 cm³/mol. The number of amides is 1. The van der Waals surface area contributed by atoms with Crippen molar-refractivity contribution in [3.63, 3.8) is 0 Å². The third kappa shape index (κ3) is 6.02. The number of para-hydroxylation sites is 1. The Bertz CT molecular complexity index is 2030. The molecular formula is C35H36N4O5S. The van der Waals surface area contributed by atoms with Crippen LogP contribution in [0.15, 0.2) is 82.2 Å². The van der Waals surface area contributed by atoms with Gasteiger partial charge in [0.25, 0.3) is 10.0 Å². The van der Waals surface area contributed by atoms with Crippen molar-refractivity contribution in [1.29, 1.82) is 0 Å². The Balaban J connectivity index is 1.38. The van der Waals surface area contributed by atoms with Gasteiger partial charge in [-0.05, 0) is 68.1 Å². The fraction of sp³-hybridized carbons (Fsp3) is 0.286. The number of hydrogen-bond donors (Lipinski definition) is 1. The van der Waals surface area contributed by atoms with Gasteiger partial charge in [-0.15, -0.1) is 0 Å². The van der Waals surface area contributed by atoms with E-state index in [4.69, 9.17) is 9.26 Å². The summed E-state index contributed by atoms with van der Waals surface area (Å²) < 4.78 is 41.6. The van der Waals surface area contributed by atoms with Gasteiger partial charge >= 0.3 is 0 Å². The van der Waals surface area contributed by atoms with Crippen molar-refractivity contribution in [2.24, 2.45) is 5.41 Å². The highest BCUT2D eigenvalue weighted by Gasteiger charge is 2.38. The van der Waals surface area contributed by atoms with Gasteiger partial charge in [-0.1, -0.05) is 61.5 Å². The van der Waals surface area contributed by atoms with E-state index in [9.17, 15) is 13.2 Å². The second-order valence-corrected chi connectivity index (χ2v) is 13.9. The van der Waals surface area contributed by atoms with Crippen LogP contribution < -0.4 is 9.46 Å². The molecule has 9 nitrogen and oxygen atoms in total. The Kier molecular flexibility index (Phi) is 7.86. The standard InChI is InChI=1S/C35H36N4O5S/c1-22-18-31(29-11-6-8-12-30(29)36-22)43-21-25-14-15-27(26(19-25)20-39-17-16-35(4,5)34(39)40)28-10-7-9-13-32(28)45(41,42)38-33-23(2)24(3)37-44-33/h6-15,18-19,38H,16-17,20-21H2,1-5H3. The minimum absolute atomic E-state index is 0.0765. The normalized spacial score (nSPS) is 14.7. The summed E-state index contributed by atoms with van der Waals surface area (Å²) >= 11 is 0. The number of pyridine rings is 1. The van der Waals surface area contributed by atoms with Crippen molar-refractivity contribution >= 4 is 32.7 Å². The van der Waals surface area contributed by atoms with Crippen LogP contribution >= 0.6 is 0 Å². The molecule has 0 saturated carbocycles. The van der Waals surface area contributed by atoms with Gasteiger partial charge < -0.3 is 14.2 Å². The number of fused-ring (bicyclic) bond motifs is 1. The molecule has 1 aliphatic heterocycles. The summed E-state index contributed by atoms with van der Waals surface area (Å²) in [6, 6.07) is 22.5. The molecule has 2 aromatic heterocycles. The van der Waals surface area contributed by atoms with Gasteiger partial charge in [-0.25, -0.2) is 13.1 Å². The lowest BCUT2D eigenvalue weighted by Gasteiger charge is -2.22. The molecule has 0 bridgehead atoms. The smallest absolute Gasteiger partial charge is 0.264 e. The van der Waals surface area contributed by atoms with Gasteiger partial charge in [0.15, 0.2) is 0 Å². The first-order chi connectivity index (χ1) is 21.4. The second-order valence-electron chi connectivity index (χ2n) is 12.2. The molecule has 0 aliphatic carbocycles. The van der Waals surface area contributed by atoms with E-state index in [0.29, 0.717) is 35.5 Å². The number of benzene rings is 3. The summed E-state index contributed by atoms with van der Waals surface area (Å²) in [4.78, 5) is 19.8. The summed E-state index contributed by atoms with van der Waals surface area (Å²) in [5.41, 5.74) is 5.45. The molecule has 0 radical (unpaired) electrons. The number of rotatable bonds is 9. The lowest BCUT2D eigenvalue weighted by atomic mass is 9.92. The maximum atomic E-state index is 13.7. The molecule has 1 saturated heterocycles. The Morgan fingerprint density at radius 3 is 2.47 bits per heavy atom. The molecule has 0 unspecified atom stereocenters. The lowest BCUT2D eigenvalue weighted by Crippen LogP contribution is -2.30. The van der Waals surface area contributed by atoms with Crippen LogP contribution in [0, 0.1) is 26.2 Å². The quantitative estimate of drug-likeness (QED) is 0.189. The fourth-order valence-corrected chi connectivity index (χ4v) is 6.97. The summed E-state index contributed by atoms with van der Waals surface area (Å²) in [7, 11) is -4.05. The predicted octanol–water partition coefficient (Wildman–Crippen LogP) is 6.95. The SMILES string of the molecule is Cc1cc(OCc2ccc(-c3ccccc3S(=O)(=O)Nc3onc(C)c3C)c(CN3CCC(C)(C)C3=O)c2)c2ccccc2n1. The first-order valence-electron chi connectivity index (χ1n) is 14.9. The first-order valence-corrected chi connectivity index (χ1v) is 16.4. The third-order valence-electron chi connectivity index (χ3n) is 8.46. The molecule has 10 heteroatoms. The number of aromatic nitrogens is 2. The number of carbonyl (C=O) groups is 1. The first kappa shape index (κ1) is 30.3. The summed E-state index contributed by atoms with van der Waals surface area (Å²) in [5.74, 6) is 0.895. The molecule has 232 valence electrons. The fourth-order valence-electron chi connectivity index (χ4n) is 5.70. The molecule has 0 atom stereocenters. The minimum atomic E-state index is -4.05. The van der Waals surface area contributed by atoms with E-state index in [1.165, 1.54) is 0 Å². The van der Waals surface area contributed by atoms with Gasteiger partial charge in [0, 0.05) is 46.8 Å². The number of likely N-dealkylation sites (tertiary alicyclic amines) is 1. The number of carbonyl (C=O) groups excluding carboxylic acids is 1. The molecule has 1 aliphatic rings. The minimum Gasteiger partial charge on any atom is -0.488 e. The average molecular weight is 625 g/mol. The largest absolute Gasteiger partial charge is 0.488 e.